The van der Waals surface area contributed by atoms with Crippen molar-refractivity contribution >= 4 is 0 Å². The summed E-state index contributed by atoms with van der Waals surface area (Å²) in [6.45, 7) is 3.53. The highest BCUT2D eigenvalue weighted by atomic mass is 16.5. The van der Waals surface area contributed by atoms with Crippen LogP contribution in [0.1, 0.15) is 64.2 Å². The third kappa shape index (κ3) is 17.9. The second-order valence-electron chi connectivity index (χ2n) is 5.24. The number of hydrogen-bond acceptors (Lipinski definition) is 3. The largest absolute Gasteiger partial charge is 0.382 e. The van der Waals surface area contributed by atoms with Gasteiger partial charge in [0, 0.05) is 13.7 Å². The van der Waals surface area contributed by atoms with Crippen molar-refractivity contribution in [3.8, 4) is 0 Å². The quantitative estimate of drug-likeness (QED) is 0.434. The highest BCUT2D eigenvalue weighted by Gasteiger charge is 1.93. The summed E-state index contributed by atoms with van der Waals surface area (Å²) in [6.07, 6.45) is 13.7. The van der Waals surface area contributed by atoms with Crippen molar-refractivity contribution in [2.24, 2.45) is 0 Å². The van der Waals surface area contributed by atoms with Gasteiger partial charge < -0.3 is 14.8 Å². The van der Waals surface area contributed by atoms with Crippen LogP contribution in [0, 0.1) is 0 Å². The number of methoxy groups -OCH3 is 1. The van der Waals surface area contributed by atoms with Crippen molar-refractivity contribution in [1.82, 2.24) is 5.32 Å². The van der Waals surface area contributed by atoms with Gasteiger partial charge in [0.05, 0.1) is 13.2 Å². The maximum Gasteiger partial charge on any atom is 0.0700 e. The van der Waals surface area contributed by atoms with E-state index in [1.54, 1.807) is 7.11 Å². The monoisotopic (exact) mass is 273 g/mol. The molecule has 0 aromatic rings. The highest BCUT2D eigenvalue weighted by Crippen LogP contribution is 2.10. The minimum Gasteiger partial charge on any atom is -0.382 e. The minimum absolute atomic E-state index is 0.717. The van der Waals surface area contributed by atoms with Crippen molar-refractivity contribution in [3.05, 3.63) is 0 Å². The van der Waals surface area contributed by atoms with Crippen molar-refractivity contribution in [2.75, 3.05) is 40.5 Å². The van der Waals surface area contributed by atoms with Crippen LogP contribution < -0.4 is 5.32 Å². The van der Waals surface area contributed by atoms with Crippen molar-refractivity contribution in [1.29, 1.82) is 0 Å². The molecule has 1 N–H and O–H groups in total. The summed E-state index contributed by atoms with van der Waals surface area (Å²) in [5.74, 6) is 0. The first-order chi connectivity index (χ1) is 9.41. The Morgan fingerprint density at radius 3 is 1.68 bits per heavy atom. The van der Waals surface area contributed by atoms with Crippen LogP contribution in [0.25, 0.3) is 0 Å². The Balaban J connectivity index is 2.88. The fourth-order valence-electron chi connectivity index (χ4n) is 2.16. The average molecular weight is 273 g/mol. The molecule has 0 saturated carbocycles. The molecule has 0 fully saturated rings. The predicted octanol–water partition coefficient (Wildman–Crippen LogP) is 3.77. The van der Waals surface area contributed by atoms with Crippen molar-refractivity contribution in [3.63, 3.8) is 0 Å². The first-order valence-corrected chi connectivity index (χ1v) is 8.13. The fraction of sp³-hybridized carbons (Fsp3) is 1.00. The molecule has 0 amide bonds. The van der Waals surface area contributed by atoms with Gasteiger partial charge in [0.2, 0.25) is 0 Å². The summed E-state index contributed by atoms with van der Waals surface area (Å²) in [5, 5.41) is 3.20. The van der Waals surface area contributed by atoms with Crippen LogP contribution in [0.5, 0.6) is 0 Å². The number of rotatable bonds is 16. The van der Waals surface area contributed by atoms with Gasteiger partial charge in [0.1, 0.15) is 0 Å². The molecule has 0 heterocycles. The van der Waals surface area contributed by atoms with E-state index in [-0.39, 0.29) is 0 Å². The Labute approximate surface area is 120 Å². The minimum atomic E-state index is 0.717. The summed E-state index contributed by atoms with van der Waals surface area (Å²) in [5.41, 5.74) is 0. The summed E-state index contributed by atoms with van der Waals surface area (Å²) in [6, 6.07) is 0. The number of nitrogens with one attached hydrogen (secondary N) is 1. The molecule has 3 nitrogen and oxygen atoms in total. The summed E-state index contributed by atoms with van der Waals surface area (Å²) in [7, 11) is 3.74. The van der Waals surface area contributed by atoms with Crippen LogP contribution in [0.15, 0.2) is 0 Å². The number of hydrogen-bond donors (Lipinski definition) is 1. The SMILES string of the molecule is CNCCCCCCCCCCCCOCCOC. The Hall–Kier alpha value is -0.120. The molecule has 0 aliphatic carbocycles. The van der Waals surface area contributed by atoms with E-state index in [9.17, 15) is 0 Å². The van der Waals surface area contributed by atoms with Gasteiger partial charge in [-0.3, -0.25) is 0 Å². The molecule has 0 saturated heterocycles. The molecule has 0 atom stereocenters. The van der Waals surface area contributed by atoms with Crippen molar-refractivity contribution in [2.45, 2.75) is 64.2 Å². The topological polar surface area (TPSA) is 30.5 Å². The molecule has 0 unspecified atom stereocenters. The molecule has 0 aromatic carbocycles. The first-order valence-electron chi connectivity index (χ1n) is 8.13. The molecule has 0 aliphatic heterocycles. The van der Waals surface area contributed by atoms with Gasteiger partial charge in [-0.15, -0.1) is 0 Å². The van der Waals surface area contributed by atoms with Gasteiger partial charge >= 0.3 is 0 Å². The summed E-state index contributed by atoms with van der Waals surface area (Å²) < 4.78 is 10.4. The standard InChI is InChI=1S/C16H35NO2/c1-17-13-11-9-7-5-3-4-6-8-10-12-14-19-16-15-18-2/h17H,3-16H2,1-2H3. The maximum atomic E-state index is 5.44. The lowest BCUT2D eigenvalue weighted by Crippen LogP contribution is -2.06. The third-order valence-corrected chi connectivity index (χ3v) is 3.40. The van der Waals surface area contributed by atoms with Gasteiger partial charge in [-0.05, 0) is 26.4 Å². The Bertz CT molecular complexity index is 138. The van der Waals surface area contributed by atoms with Crippen LogP contribution in [0.2, 0.25) is 0 Å². The lowest BCUT2D eigenvalue weighted by Gasteiger charge is -2.04. The van der Waals surface area contributed by atoms with Gasteiger partial charge in [-0.2, -0.15) is 0 Å². The van der Waals surface area contributed by atoms with E-state index >= 15 is 0 Å². The van der Waals surface area contributed by atoms with E-state index in [1.807, 2.05) is 7.05 Å². The molecule has 3 heteroatoms. The number of unbranched alkanes of at least 4 members (excludes halogenated alkanes) is 9. The molecule has 0 radical (unpaired) electrons. The molecule has 116 valence electrons. The zero-order chi connectivity index (χ0) is 14.0. The van der Waals surface area contributed by atoms with Crippen LogP contribution in [0.4, 0.5) is 0 Å². The zero-order valence-electron chi connectivity index (χ0n) is 13.2. The Morgan fingerprint density at radius 2 is 1.16 bits per heavy atom. The van der Waals surface area contributed by atoms with Gasteiger partial charge in [-0.25, -0.2) is 0 Å². The van der Waals surface area contributed by atoms with E-state index < -0.39 is 0 Å². The van der Waals surface area contributed by atoms with Crippen LogP contribution >= 0.6 is 0 Å². The van der Waals surface area contributed by atoms with Crippen LogP contribution in [-0.2, 0) is 9.47 Å². The third-order valence-electron chi connectivity index (χ3n) is 3.40. The smallest absolute Gasteiger partial charge is 0.0700 e. The Morgan fingerprint density at radius 1 is 0.632 bits per heavy atom. The van der Waals surface area contributed by atoms with Gasteiger partial charge in [-0.1, -0.05) is 51.4 Å². The molecule has 0 aromatic heterocycles. The zero-order valence-corrected chi connectivity index (χ0v) is 13.2. The second-order valence-corrected chi connectivity index (χ2v) is 5.24. The average Bonchev–Trinajstić information content (AvgIpc) is 2.43. The second kappa shape index (κ2) is 17.9. The van der Waals surface area contributed by atoms with E-state index in [4.69, 9.17) is 9.47 Å². The molecular formula is C16H35NO2. The lowest BCUT2D eigenvalue weighted by molar-refractivity contribution is 0.0685. The van der Waals surface area contributed by atoms with E-state index in [0.717, 1.165) is 13.2 Å². The van der Waals surface area contributed by atoms with Gasteiger partial charge in [0.15, 0.2) is 0 Å². The van der Waals surface area contributed by atoms with Gasteiger partial charge in [0.25, 0.3) is 0 Å². The molecule has 0 spiro atoms. The van der Waals surface area contributed by atoms with E-state index in [0.29, 0.717) is 6.61 Å². The maximum absolute atomic E-state index is 5.44. The molecule has 19 heavy (non-hydrogen) atoms. The van der Waals surface area contributed by atoms with Crippen LogP contribution in [-0.4, -0.2) is 40.5 Å². The Kier molecular flexibility index (Phi) is 17.8. The molecule has 0 bridgehead atoms. The first kappa shape index (κ1) is 18.9. The van der Waals surface area contributed by atoms with E-state index in [2.05, 4.69) is 5.32 Å². The predicted molar refractivity (Wildman–Crippen MR) is 82.8 cm³/mol. The van der Waals surface area contributed by atoms with Crippen LogP contribution in [0.3, 0.4) is 0 Å². The molecule has 0 aliphatic rings. The lowest BCUT2D eigenvalue weighted by atomic mass is 10.1. The fourth-order valence-corrected chi connectivity index (χ4v) is 2.16. The normalized spacial score (nSPS) is 11.1. The summed E-state index contributed by atoms with van der Waals surface area (Å²) >= 11 is 0. The number of ether oxygens (including phenoxy) is 2. The molecular weight excluding hydrogens is 238 g/mol. The van der Waals surface area contributed by atoms with Crippen molar-refractivity contribution < 1.29 is 9.47 Å². The summed E-state index contributed by atoms with van der Waals surface area (Å²) in [4.78, 5) is 0. The highest BCUT2D eigenvalue weighted by molar-refractivity contribution is 4.49. The molecule has 0 rings (SSSR count). The van der Waals surface area contributed by atoms with E-state index in [1.165, 1.54) is 70.8 Å².